The van der Waals surface area contributed by atoms with Crippen molar-refractivity contribution in [2.75, 3.05) is 5.32 Å². The van der Waals surface area contributed by atoms with Gasteiger partial charge in [0.2, 0.25) is 5.13 Å². The molecule has 2 heterocycles. The number of hydrogen-bond acceptors (Lipinski definition) is 6. The fourth-order valence-corrected chi connectivity index (χ4v) is 1.19. The van der Waals surface area contributed by atoms with Crippen molar-refractivity contribution in [3.63, 3.8) is 0 Å². The summed E-state index contributed by atoms with van der Waals surface area (Å²) in [7, 11) is 5.37. The van der Waals surface area contributed by atoms with Gasteiger partial charge in [-0.2, -0.15) is 0 Å². The number of nitrogens with zero attached hydrogens (tertiary/aromatic N) is 4. The summed E-state index contributed by atoms with van der Waals surface area (Å²) in [6.45, 7) is 0. The topological polar surface area (TPSA) is 63.6 Å². The quantitative estimate of drug-likeness (QED) is 0.666. The van der Waals surface area contributed by atoms with E-state index in [1.165, 1.54) is 23.7 Å². The molecule has 0 aliphatic rings. The predicted octanol–water partition coefficient (Wildman–Crippen LogP) is -0.135. The first-order valence-corrected chi connectivity index (χ1v) is 4.33. The maximum Gasteiger partial charge on any atom is 0.211 e. The van der Waals surface area contributed by atoms with Crippen molar-refractivity contribution >= 4 is 35.7 Å². The third-order valence-corrected chi connectivity index (χ3v) is 1.87. The summed E-state index contributed by atoms with van der Waals surface area (Å²) in [5.41, 5.74) is 2.02. The molecule has 0 amide bonds. The minimum absolute atomic E-state index is 0.391. The molecule has 0 aliphatic heterocycles. The molecule has 0 spiro atoms. The molecule has 2 rings (SSSR count). The number of aromatic nitrogens is 4. The van der Waals surface area contributed by atoms with Crippen LogP contribution in [0.3, 0.4) is 0 Å². The van der Waals surface area contributed by atoms with Crippen LogP contribution in [-0.4, -0.2) is 28.0 Å². The summed E-state index contributed by atoms with van der Waals surface area (Å²) in [6.07, 6.45) is 3.01. The minimum Gasteiger partial charge on any atom is -0.313 e. The van der Waals surface area contributed by atoms with E-state index in [1.807, 2.05) is 0 Å². The van der Waals surface area contributed by atoms with Crippen molar-refractivity contribution in [1.29, 1.82) is 0 Å². The Morgan fingerprint density at radius 3 is 2.85 bits per heavy atom. The van der Waals surface area contributed by atoms with Gasteiger partial charge in [-0.1, -0.05) is 11.3 Å². The lowest BCUT2D eigenvalue weighted by Gasteiger charge is -1.99. The molecule has 2 aromatic heterocycles. The molecule has 2 radical (unpaired) electrons. The van der Waals surface area contributed by atoms with Crippen molar-refractivity contribution in [2.24, 2.45) is 0 Å². The van der Waals surface area contributed by atoms with Crippen LogP contribution < -0.4 is 10.9 Å². The molecule has 0 bridgehead atoms. The van der Waals surface area contributed by atoms with Gasteiger partial charge in [0.05, 0.1) is 6.20 Å². The average Bonchev–Trinajstić information content (AvgIpc) is 2.62. The Hall–Kier alpha value is -1.50. The Kier molecular flexibility index (Phi) is 2.18. The number of nitrogens with one attached hydrogen (secondary N) is 1. The first kappa shape index (κ1) is 8.12. The van der Waals surface area contributed by atoms with Crippen molar-refractivity contribution in [3.05, 3.63) is 17.9 Å². The minimum atomic E-state index is 0.391. The fourth-order valence-electron chi connectivity index (χ4n) is 0.740. The van der Waals surface area contributed by atoms with Crippen LogP contribution in [0.4, 0.5) is 10.9 Å². The van der Waals surface area contributed by atoms with Gasteiger partial charge in [0.15, 0.2) is 5.82 Å². The zero-order valence-electron chi connectivity index (χ0n) is 6.51. The molecule has 2 aromatic rings. The van der Waals surface area contributed by atoms with Crippen molar-refractivity contribution < 1.29 is 0 Å². The third-order valence-electron chi connectivity index (χ3n) is 1.27. The normalized spacial score (nSPS) is 9.85. The Morgan fingerprint density at radius 1 is 1.31 bits per heavy atom. The first-order valence-electron chi connectivity index (χ1n) is 3.45. The van der Waals surface area contributed by atoms with Crippen LogP contribution in [0.25, 0.3) is 0 Å². The second-order valence-corrected chi connectivity index (χ2v) is 3.03. The number of rotatable bonds is 2. The molecule has 0 aliphatic carbocycles. The van der Waals surface area contributed by atoms with Gasteiger partial charge in [-0.25, -0.2) is 4.98 Å². The van der Waals surface area contributed by atoms with Crippen LogP contribution in [0.5, 0.6) is 0 Å². The van der Waals surface area contributed by atoms with Gasteiger partial charge >= 0.3 is 0 Å². The predicted molar refractivity (Wildman–Crippen MR) is 50.6 cm³/mol. The van der Waals surface area contributed by atoms with Gasteiger partial charge in [-0.15, -0.1) is 10.2 Å². The third kappa shape index (κ3) is 2.00. The van der Waals surface area contributed by atoms with Gasteiger partial charge in [0.1, 0.15) is 13.4 Å². The van der Waals surface area contributed by atoms with Crippen molar-refractivity contribution in [3.8, 4) is 0 Å². The van der Waals surface area contributed by atoms with E-state index >= 15 is 0 Å². The van der Waals surface area contributed by atoms with E-state index in [9.17, 15) is 0 Å². The molecule has 0 aromatic carbocycles. The second-order valence-electron chi connectivity index (χ2n) is 2.20. The van der Waals surface area contributed by atoms with Gasteiger partial charge in [0, 0.05) is 11.8 Å². The van der Waals surface area contributed by atoms with Crippen LogP contribution in [0.2, 0.25) is 0 Å². The number of hydrogen-bond donors (Lipinski definition) is 1. The Labute approximate surface area is 79.7 Å². The summed E-state index contributed by atoms with van der Waals surface area (Å²) < 4.78 is 0. The molecular weight excluding hydrogens is 185 g/mol. The maximum atomic E-state index is 5.37. The molecule has 0 unspecified atom stereocenters. The van der Waals surface area contributed by atoms with Gasteiger partial charge < -0.3 is 5.32 Å². The van der Waals surface area contributed by atoms with Crippen LogP contribution in [-0.2, 0) is 0 Å². The second kappa shape index (κ2) is 3.48. The lowest BCUT2D eigenvalue weighted by Crippen LogP contribution is -2.09. The van der Waals surface area contributed by atoms with E-state index in [2.05, 4.69) is 25.5 Å². The molecule has 13 heavy (non-hydrogen) atoms. The largest absolute Gasteiger partial charge is 0.313 e. The zero-order valence-corrected chi connectivity index (χ0v) is 7.32. The summed E-state index contributed by atoms with van der Waals surface area (Å²) >= 11 is 1.39. The molecule has 1 N–H and O–H groups in total. The molecule has 0 saturated carbocycles. The SMILES string of the molecule is [B]c1cnc(Nc2nncs2)cn1. The fraction of sp³-hybridized carbons (Fsp3) is 0. The Bertz CT molecular complexity index is 372. The number of anilines is 2. The van der Waals surface area contributed by atoms with Crippen molar-refractivity contribution in [1.82, 2.24) is 20.2 Å². The maximum absolute atomic E-state index is 5.37. The molecule has 7 heteroatoms. The van der Waals surface area contributed by atoms with Gasteiger partial charge in [-0.3, -0.25) is 4.98 Å². The van der Waals surface area contributed by atoms with Crippen LogP contribution in [0, 0.1) is 0 Å². The van der Waals surface area contributed by atoms with Crippen LogP contribution in [0.15, 0.2) is 17.9 Å². The zero-order chi connectivity index (χ0) is 9.10. The van der Waals surface area contributed by atoms with E-state index in [0.29, 0.717) is 16.5 Å². The molecule has 0 atom stereocenters. The smallest absolute Gasteiger partial charge is 0.211 e. The molecule has 62 valence electrons. The molecule has 0 saturated heterocycles. The summed E-state index contributed by atoms with van der Waals surface area (Å²) in [6, 6.07) is 0. The van der Waals surface area contributed by atoms with E-state index in [4.69, 9.17) is 7.85 Å². The highest BCUT2D eigenvalue weighted by Gasteiger charge is 1.97. The van der Waals surface area contributed by atoms with Crippen molar-refractivity contribution in [2.45, 2.75) is 0 Å². The summed E-state index contributed by atoms with van der Waals surface area (Å²) in [4.78, 5) is 7.86. The van der Waals surface area contributed by atoms with E-state index in [-0.39, 0.29) is 0 Å². The Morgan fingerprint density at radius 2 is 2.23 bits per heavy atom. The summed E-state index contributed by atoms with van der Waals surface area (Å²) in [5, 5.41) is 11.1. The standard InChI is InChI=1S/C6H4BN5S/c7-4-1-9-5(2-8-4)11-6-12-10-3-13-6/h1-3H,(H,9,11,12). The van der Waals surface area contributed by atoms with E-state index < -0.39 is 0 Å². The lowest BCUT2D eigenvalue weighted by atomic mass is 10.1. The van der Waals surface area contributed by atoms with Gasteiger partial charge in [0.25, 0.3) is 0 Å². The van der Waals surface area contributed by atoms with E-state index in [1.54, 1.807) is 5.51 Å². The molecule has 5 nitrogen and oxygen atoms in total. The van der Waals surface area contributed by atoms with Gasteiger partial charge in [-0.05, 0) is 0 Å². The molecular formula is C6H4BN5S. The lowest BCUT2D eigenvalue weighted by molar-refractivity contribution is 1.09. The Balaban J connectivity index is 2.15. The monoisotopic (exact) mass is 189 g/mol. The summed E-state index contributed by atoms with van der Waals surface area (Å²) in [5.74, 6) is 0.603. The first-order chi connectivity index (χ1) is 6.34. The van der Waals surface area contributed by atoms with Crippen LogP contribution in [0.1, 0.15) is 0 Å². The average molecular weight is 189 g/mol. The highest BCUT2D eigenvalue weighted by molar-refractivity contribution is 7.13. The van der Waals surface area contributed by atoms with E-state index in [0.717, 1.165) is 0 Å². The highest BCUT2D eigenvalue weighted by atomic mass is 32.1. The van der Waals surface area contributed by atoms with Crippen LogP contribution >= 0.6 is 11.3 Å². The molecule has 0 fully saturated rings. The highest BCUT2D eigenvalue weighted by Crippen LogP contribution is 2.13.